The molecular weight excluding hydrogens is 464 g/mol. The van der Waals surface area contributed by atoms with E-state index in [9.17, 15) is 9.59 Å². The first-order valence-corrected chi connectivity index (χ1v) is 13.4. The van der Waals surface area contributed by atoms with Crippen LogP contribution in [0.15, 0.2) is 121 Å². The van der Waals surface area contributed by atoms with Crippen LogP contribution in [0.2, 0.25) is 0 Å². The molecule has 0 heterocycles. The normalized spacial score (nSPS) is 12.6. The van der Waals surface area contributed by atoms with Crippen LogP contribution in [-0.2, 0) is 0 Å². The standard InChI is InChI=1S/C36H36O2/c1-25(2)23-34(36(38)32-21-17-30(18-22-32)28-13-9-6-10-14-28)33(26(3)4)24-35(37)31-19-15-29(16-20-31)27-11-7-5-8-12-27/h5-23,26,33-34H,24H2,1-4H3. The van der Waals surface area contributed by atoms with E-state index in [1.807, 2.05) is 105 Å². The fourth-order valence-electron chi connectivity index (χ4n) is 4.99. The minimum atomic E-state index is -0.366. The van der Waals surface area contributed by atoms with Crippen molar-refractivity contribution in [3.63, 3.8) is 0 Å². The van der Waals surface area contributed by atoms with Gasteiger partial charge >= 0.3 is 0 Å². The molecule has 2 unspecified atom stereocenters. The second-order valence-electron chi connectivity index (χ2n) is 10.6. The third-order valence-electron chi connectivity index (χ3n) is 7.14. The van der Waals surface area contributed by atoms with Gasteiger partial charge in [-0.1, -0.05) is 135 Å². The summed E-state index contributed by atoms with van der Waals surface area (Å²) in [5.41, 5.74) is 6.85. The lowest BCUT2D eigenvalue weighted by atomic mass is 9.75. The molecule has 0 saturated heterocycles. The predicted octanol–water partition coefficient (Wildman–Crippen LogP) is 9.33. The summed E-state index contributed by atoms with van der Waals surface area (Å²) in [6.45, 7) is 8.24. The van der Waals surface area contributed by atoms with E-state index in [-0.39, 0.29) is 29.3 Å². The van der Waals surface area contributed by atoms with E-state index in [2.05, 4.69) is 38.1 Å². The van der Waals surface area contributed by atoms with Crippen molar-refractivity contribution in [1.29, 1.82) is 0 Å². The van der Waals surface area contributed by atoms with E-state index in [0.29, 0.717) is 17.5 Å². The van der Waals surface area contributed by atoms with Crippen molar-refractivity contribution in [3.8, 4) is 22.3 Å². The molecule has 192 valence electrons. The molecule has 0 fully saturated rings. The van der Waals surface area contributed by atoms with Crippen molar-refractivity contribution in [2.75, 3.05) is 0 Å². The number of carbonyl (C=O) groups is 2. The minimum absolute atomic E-state index is 0.0664. The number of hydrogen-bond donors (Lipinski definition) is 0. The summed E-state index contributed by atoms with van der Waals surface area (Å²) in [7, 11) is 0. The maximum absolute atomic E-state index is 13.8. The highest BCUT2D eigenvalue weighted by atomic mass is 16.1. The number of Topliss-reactive ketones (excluding diaryl/α,β-unsaturated/α-hetero) is 2. The van der Waals surface area contributed by atoms with E-state index in [1.54, 1.807) is 0 Å². The molecule has 2 atom stereocenters. The van der Waals surface area contributed by atoms with Gasteiger partial charge < -0.3 is 0 Å². The Bertz CT molecular complexity index is 1380. The van der Waals surface area contributed by atoms with Gasteiger partial charge in [0.05, 0.1) is 0 Å². The summed E-state index contributed by atoms with van der Waals surface area (Å²) in [4.78, 5) is 27.3. The minimum Gasteiger partial charge on any atom is -0.294 e. The van der Waals surface area contributed by atoms with E-state index >= 15 is 0 Å². The molecule has 2 heteroatoms. The molecule has 0 aliphatic heterocycles. The van der Waals surface area contributed by atoms with Crippen molar-refractivity contribution in [3.05, 3.63) is 132 Å². The summed E-state index contributed by atoms with van der Waals surface area (Å²) >= 11 is 0. The number of ketones is 2. The second kappa shape index (κ2) is 12.5. The molecule has 0 aromatic heterocycles. The summed E-state index contributed by atoms with van der Waals surface area (Å²) in [5, 5.41) is 0. The van der Waals surface area contributed by atoms with Crippen molar-refractivity contribution < 1.29 is 9.59 Å². The highest BCUT2D eigenvalue weighted by Crippen LogP contribution is 2.32. The molecule has 0 spiro atoms. The average molecular weight is 501 g/mol. The topological polar surface area (TPSA) is 34.1 Å². The molecule has 0 N–H and O–H groups in total. The largest absolute Gasteiger partial charge is 0.294 e. The van der Waals surface area contributed by atoms with Gasteiger partial charge in [-0.25, -0.2) is 0 Å². The van der Waals surface area contributed by atoms with Gasteiger partial charge in [0, 0.05) is 23.5 Å². The van der Waals surface area contributed by atoms with Gasteiger partial charge in [0.2, 0.25) is 0 Å². The number of rotatable bonds is 10. The lowest BCUT2D eigenvalue weighted by Crippen LogP contribution is -2.29. The smallest absolute Gasteiger partial charge is 0.170 e. The third kappa shape index (κ3) is 6.63. The molecular formula is C36H36O2. The Morgan fingerprint density at radius 1 is 0.605 bits per heavy atom. The van der Waals surface area contributed by atoms with Crippen molar-refractivity contribution in [2.45, 2.75) is 34.1 Å². The van der Waals surface area contributed by atoms with Crippen LogP contribution in [0.3, 0.4) is 0 Å². The molecule has 0 radical (unpaired) electrons. The quantitative estimate of drug-likeness (QED) is 0.161. The summed E-state index contributed by atoms with van der Waals surface area (Å²) < 4.78 is 0. The molecule has 38 heavy (non-hydrogen) atoms. The fraction of sp³-hybridized carbons (Fsp3) is 0.222. The summed E-state index contributed by atoms with van der Waals surface area (Å²) in [6, 6.07) is 35.9. The predicted molar refractivity (Wildman–Crippen MR) is 158 cm³/mol. The van der Waals surface area contributed by atoms with Crippen molar-refractivity contribution in [1.82, 2.24) is 0 Å². The number of hydrogen-bond acceptors (Lipinski definition) is 2. The van der Waals surface area contributed by atoms with Crippen LogP contribution in [0.25, 0.3) is 22.3 Å². The monoisotopic (exact) mass is 500 g/mol. The third-order valence-corrected chi connectivity index (χ3v) is 7.14. The van der Waals surface area contributed by atoms with Crippen LogP contribution in [0, 0.1) is 17.8 Å². The van der Waals surface area contributed by atoms with E-state index in [4.69, 9.17) is 0 Å². The van der Waals surface area contributed by atoms with Gasteiger partial charge in [-0.3, -0.25) is 9.59 Å². The Balaban J connectivity index is 1.56. The SMILES string of the molecule is CC(C)=CC(C(=O)c1ccc(-c2ccccc2)cc1)C(CC(=O)c1ccc(-c2ccccc2)cc1)C(C)C. The summed E-state index contributed by atoms with van der Waals surface area (Å²) in [5.74, 6) is -0.169. The first kappa shape index (κ1) is 27.0. The zero-order valence-corrected chi connectivity index (χ0v) is 22.7. The lowest BCUT2D eigenvalue weighted by molar-refractivity contribution is 0.0839. The van der Waals surface area contributed by atoms with Crippen molar-refractivity contribution in [2.24, 2.45) is 17.8 Å². The zero-order valence-electron chi connectivity index (χ0n) is 22.7. The molecule has 0 aliphatic carbocycles. The van der Waals surface area contributed by atoms with Crippen LogP contribution in [0.5, 0.6) is 0 Å². The Morgan fingerprint density at radius 2 is 1.03 bits per heavy atom. The average Bonchev–Trinajstić information content (AvgIpc) is 2.95. The van der Waals surface area contributed by atoms with Crippen molar-refractivity contribution >= 4 is 11.6 Å². The van der Waals surface area contributed by atoms with Crippen LogP contribution in [0.1, 0.15) is 54.8 Å². The molecule has 0 saturated carbocycles. The Labute approximate surface area is 227 Å². The lowest BCUT2D eigenvalue weighted by Gasteiger charge is -2.27. The second-order valence-corrected chi connectivity index (χ2v) is 10.6. The molecule has 0 amide bonds. The van der Waals surface area contributed by atoms with Crippen LogP contribution < -0.4 is 0 Å². The first-order chi connectivity index (χ1) is 18.3. The van der Waals surface area contributed by atoms with Gasteiger partial charge in [-0.2, -0.15) is 0 Å². The molecule has 4 rings (SSSR count). The first-order valence-electron chi connectivity index (χ1n) is 13.4. The van der Waals surface area contributed by atoms with Gasteiger partial charge in [0.1, 0.15) is 0 Å². The number of benzene rings is 4. The molecule has 0 bridgehead atoms. The van der Waals surface area contributed by atoms with Crippen LogP contribution in [0.4, 0.5) is 0 Å². The highest BCUT2D eigenvalue weighted by Gasteiger charge is 2.31. The van der Waals surface area contributed by atoms with Gasteiger partial charge in [-0.05, 0) is 47.9 Å². The molecule has 0 aliphatic rings. The molecule has 4 aromatic rings. The van der Waals surface area contributed by atoms with E-state index < -0.39 is 0 Å². The fourth-order valence-corrected chi connectivity index (χ4v) is 4.99. The summed E-state index contributed by atoms with van der Waals surface area (Å²) in [6.07, 6.45) is 2.37. The van der Waals surface area contributed by atoms with Gasteiger partial charge in [-0.15, -0.1) is 0 Å². The number of allylic oxidation sites excluding steroid dienone is 2. The van der Waals surface area contributed by atoms with Gasteiger partial charge in [0.25, 0.3) is 0 Å². The van der Waals surface area contributed by atoms with Crippen LogP contribution >= 0.6 is 0 Å². The Hall–Kier alpha value is -4.04. The van der Waals surface area contributed by atoms with E-state index in [0.717, 1.165) is 27.8 Å². The molecule has 4 aromatic carbocycles. The highest BCUT2D eigenvalue weighted by molar-refractivity contribution is 6.01. The maximum atomic E-state index is 13.8. The van der Waals surface area contributed by atoms with Crippen LogP contribution in [-0.4, -0.2) is 11.6 Å². The zero-order chi connectivity index (χ0) is 27.1. The number of carbonyl (C=O) groups excluding carboxylic acids is 2. The Morgan fingerprint density at radius 3 is 1.45 bits per heavy atom. The molecule has 2 nitrogen and oxygen atoms in total. The van der Waals surface area contributed by atoms with Gasteiger partial charge in [0.15, 0.2) is 11.6 Å². The maximum Gasteiger partial charge on any atom is 0.170 e. The van der Waals surface area contributed by atoms with E-state index in [1.165, 1.54) is 0 Å². The Kier molecular flexibility index (Phi) is 8.86.